The number of hydrogen-bond acceptors (Lipinski definition) is 3. The van der Waals surface area contributed by atoms with Gasteiger partial charge in [-0.25, -0.2) is 0 Å². The maximum Gasteiger partial charge on any atom is 0.133 e. The molecule has 1 atom stereocenters. The van der Waals surface area contributed by atoms with Gasteiger partial charge in [0.25, 0.3) is 0 Å². The zero-order chi connectivity index (χ0) is 14.4. The molecular weight excluding hydrogens is 334 g/mol. The number of ether oxygens (including phenoxy) is 1. The molecule has 0 aliphatic heterocycles. The standard InChI is InChI=1S/C16H24BrNOS/c1-19-16-8-7-12(10-15(16)17)9-13(18)11-20-14-5-3-2-4-6-14/h7-8,10,13-14H,2-6,9,11,18H2,1H3. The van der Waals surface area contributed by atoms with Gasteiger partial charge in [-0.3, -0.25) is 0 Å². The number of nitrogens with two attached hydrogens (primary N) is 1. The summed E-state index contributed by atoms with van der Waals surface area (Å²) in [7, 11) is 1.69. The molecule has 0 spiro atoms. The quantitative estimate of drug-likeness (QED) is 0.819. The van der Waals surface area contributed by atoms with Crippen molar-refractivity contribution < 1.29 is 4.74 Å². The molecule has 1 saturated carbocycles. The monoisotopic (exact) mass is 357 g/mol. The van der Waals surface area contributed by atoms with Gasteiger partial charge in [0, 0.05) is 17.0 Å². The van der Waals surface area contributed by atoms with Crippen LogP contribution in [0.1, 0.15) is 37.7 Å². The van der Waals surface area contributed by atoms with Gasteiger partial charge >= 0.3 is 0 Å². The highest BCUT2D eigenvalue weighted by Gasteiger charge is 2.15. The van der Waals surface area contributed by atoms with Crippen LogP contribution in [0.25, 0.3) is 0 Å². The SMILES string of the molecule is COc1ccc(CC(N)CSC2CCCCC2)cc1Br. The van der Waals surface area contributed by atoms with Gasteiger partial charge < -0.3 is 10.5 Å². The summed E-state index contributed by atoms with van der Waals surface area (Å²) < 4.78 is 6.25. The topological polar surface area (TPSA) is 35.2 Å². The van der Waals surface area contributed by atoms with Crippen LogP contribution in [0.2, 0.25) is 0 Å². The second kappa shape index (κ2) is 8.30. The molecule has 0 radical (unpaired) electrons. The molecule has 20 heavy (non-hydrogen) atoms. The average Bonchev–Trinajstić information content (AvgIpc) is 2.46. The maximum atomic E-state index is 6.28. The zero-order valence-electron chi connectivity index (χ0n) is 12.1. The maximum absolute atomic E-state index is 6.28. The van der Waals surface area contributed by atoms with E-state index >= 15 is 0 Å². The number of rotatable bonds is 6. The molecule has 1 aliphatic rings. The number of hydrogen-bond donors (Lipinski definition) is 1. The number of methoxy groups -OCH3 is 1. The van der Waals surface area contributed by atoms with Gasteiger partial charge in [-0.2, -0.15) is 11.8 Å². The van der Waals surface area contributed by atoms with E-state index in [-0.39, 0.29) is 6.04 Å². The number of thioether (sulfide) groups is 1. The van der Waals surface area contributed by atoms with E-state index in [1.807, 2.05) is 6.07 Å². The Morgan fingerprint density at radius 3 is 2.75 bits per heavy atom. The Balaban J connectivity index is 1.78. The van der Waals surface area contributed by atoms with Gasteiger partial charge in [-0.15, -0.1) is 0 Å². The van der Waals surface area contributed by atoms with E-state index in [1.165, 1.54) is 37.7 Å². The van der Waals surface area contributed by atoms with Crippen LogP contribution in [-0.4, -0.2) is 24.2 Å². The van der Waals surface area contributed by atoms with Crippen LogP contribution in [0.15, 0.2) is 22.7 Å². The Morgan fingerprint density at radius 2 is 2.10 bits per heavy atom. The predicted molar refractivity (Wildman–Crippen MR) is 91.7 cm³/mol. The van der Waals surface area contributed by atoms with Gasteiger partial charge in [0.15, 0.2) is 0 Å². The Bertz CT molecular complexity index is 421. The van der Waals surface area contributed by atoms with E-state index in [9.17, 15) is 0 Å². The van der Waals surface area contributed by atoms with Crippen LogP contribution in [-0.2, 0) is 6.42 Å². The lowest BCUT2D eigenvalue weighted by molar-refractivity contribution is 0.412. The fourth-order valence-electron chi connectivity index (χ4n) is 2.69. The van der Waals surface area contributed by atoms with Crippen molar-refractivity contribution in [2.24, 2.45) is 5.73 Å². The Kier molecular flexibility index (Phi) is 6.72. The third kappa shape index (κ3) is 4.97. The highest BCUT2D eigenvalue weighted by Crippen LogP contribution is 2.29. The summed E-state index contributed by atoms with van der Waals surface area (Å²) in [5, 5.41) is 0.845. The summed E-state index contributed by atoms with van der Waals surface area (Å²) in [6.07, 6.45) is 7.92. The van der Waals surface area contributed by atoms with Gasteiger partial charge in [0.05, 0.1) is 11.6 Å². The summed E-state index contributed by atoms with van der Waals surface area (Å²) in [5.41, 5.74) is 7.55. The van der Waals surface area contributed by atoms with Crippen molar-refractivity contribution in [3.8, 4) is 5.75 Å². The first-order valence-corrected chi connectivity index (χ1v) is 9.23. The summed E-state index contributed by atoms with van der Waals surface area (Å²) >= 11 is 5.60. The van der Waals surface area contributed by atoms with Crippen molar-refractivity contribution in [1.29, 1.82) is 0 Å². The van der Waals surface area contributed by atoms with Gasteiger partial charge in [-0.05, 0) is 52.9 Å². The third-order valence-electron chi connectivity index (χ3n) is 3.81. The van der Waals surface area contributed by atoms with Gasteiger partial charge in [0.1, 0.15) is 5.75 Å². The van der Waals surface area contributed by atoms with Crippen molar-refractivity contribution in [3.63, 3.8) is 0 Å². The summed E-state index contributed by atoms with van der Waals surface area (Å²) in [6, 6.07) is 6.46. The molecule has 0 saturated heterocycles. The van der Waals surface area contributed by atoms with Gasteiger partial charge in [0.2, 0.25) is 0 Å². The van der Waals surface area contributed by atoms with Gasteiger partial charge in [-0.1, -0.05) is 25.3 Å². The minimum Gasteiger partial charge on any atom is -0.496 e. The van der Waals surface area contributed by atoms with Crippen molar-refractivity contribution in [1.82, 2.24) is 0 Å². The second-order valence-electron chi connectivity index (χ2n) is 5.53. The van der Waals surface area contributed by atoms with E-state index < -0.39 is 0 Å². The van der Waals surface area contributed by atoms with Crippen LogP contribution in [0.5, 0.6) is 5.75 Å². The molecule has 1 aromatic rings. The normalized spacial score (nSPS) is 17.9. The van der Waals surface area contributed by atoms with Crippen LogP contribution in [0.4, 0.5) is 0 Å². The van der Waals surface area contributed by atoms with Crippen LogP contribution in [0, 0.1) is 0 Å². The lowest BCUT2D eigenvalue weighted by atomic mass is 10.0. The van der Waals surface area contributed by atoms with Crippen molar-refractivity contribution >= 4 is 27.7 Å². The molecule has 2 nitrogen and oxygen atoms in total. The molecule has 1 aromatic carbocycles. The highest BCUT2D eigenvalue weighted by atomic mass is 79.9. The molecule has 0 heterocycles. The summed E-state index contributed by atoms with van der Waals surface area (Å²) in [4.78, 5) is 0. The Hall–Kier alpha value is -0.190. The molecular formula is C16H24BrNOS. The largest absolute Gasteiger partial charge is 0.496 e. The lowest BCUT2D eigenvalue weighted by Gasteiger charge is -2.22. The summed E-state index contributed by atoms with van der Waals surface area (Å²) in [6.45, 7) is 0. The van der Waals surface area contributed by atoms with E-state index in [2.05, 4.69) is 39.8 Å². The average molecular weight is 358 g/mol. The zero-order valence-corrected chi connectivity index (χ0v) is 14.5. The number of halogens is 1. The fourth-order valence-corrected chi connectivity index (χ4v) is 4.58. The highest BCUT2D eigenvalue weighted by molar-refractivity contribution is 9.10. The van der Waals surface area contributed by atoms with E-state index in [4.69, 9.17) is 10.5 Å². The second-order valence-corrected chi connectivity index (χ2v) is 7.71. The van der Waals surface area contributed by atoms with E-state index in [0.29, 0.717) is 0 Å². The molecule has 1 unspecified atom stereocenters. The number of benzene rings is 1. The molecule has 0 aromatic heterocycles. The van der Waals surface area contributed by atoms with E-state index in [1.54, 1.807) is 7.11 Å². The van der Waals surface area contributed by atoms with Crippen LogP contribution < -0.4 is 10.5 Å². The first-order chi connectivity index (χ1) is 9.69. The lowest BCUT2D eigenvalue weighted by Crippen LogP contribution is -2.27. The predicted octanol–water partition coefficient (Wildman–Crippen LogP) is 4.39. The minimum atomic E-state index is 0.238. The minimum absolute atomic E-state index is 0.238. The molecule has 112 valence electrons. The first kappa shape index (κ1) is 16.2. The Labute approximate surface area is 135 Å². The first-order valence-electron chi connectivity index (χ1n) is 7.38. The third-order valence-corrected chi connectivity index (χ3v) is 6.00. The molecule has 2 N–H and O–H groups in total. The molecule has 0 amide bonds. The van der Waals surface area contributed by atoms with Crippen molar-refractivity contribution in [2.75, 3.05) is 12.9 Å². The van der Waals surface area contributed by atoms with Crippen molar-refractivity contribution in [3.05, 3.63) is 28.2 Å². The molecule has 2 rings (SSSR count). The summed E-state index contributed by atoms with van der Waals surface area (Å²) in [5.74, 6) is 1.94. The van der Waals surface area contributed by atoms with Crippen molar-refractivity contribution in [2.45, 2.75) is 49.8 Å². The smallest absolute Gasteiger partial charge is 0.133 e. The van der Waals surface area contributed by atoms with Crippen LogP contribution in [0.3, 0.4) is 0 Å². The molecule has 1 fully saturated rings. The fraction of sp³-hybridized carbons (Fsp3) is 0.625. The Morgan fingerprint density at radius 1 is 1.35 bits per heavy atom. The molecule has 4 heteroatoms. The van der Waals surface area contributed by atoms with Crippen LogP contribution >= 0.6 is 27.7 Å². The molecule has 1 aliphatic carbocycles. The molecule has 0 bridgehead atoms. The van der Waals surface area contributed by atoms with E-state index in [0.717, 1.165) is 27.6 Å².